The van der Waals surface area contributed by atoms with Crippen molar-refractivity contribution in [3.63, 3.8) is 0 Å². The van der Waals surface area contributed by atoms with Crippen LogP contribution < -0.4 is 10.6 Å². The van der Waals surface area contributed by atoms with Crippen molar-refractivity contribution in [2.75, 3.05) is 31.6 Å². The van der Waals surface area contributed by atoms with Crippen molar-refractivity contribution in [3.8, 4) is 0 Å². The molecular formula is C13H18ClN3O2. The Morgan fingerprint density at radius 2 is 2.47 bits per heavy atom. The maximum Gasteiger partial charge on any atom is 0.253 e. The topological polar surface area (TPSA) is 63.2 Å². The molecule has 0 spiro atoms. The van der Waals surface area contributed by atoms with Crippen molar-refractivity contribution in [2.24, 2.45) is 5.92 Å². The minimum absolute atomic E-state index is 0.168. The number of pyridine rings is 1. The van der Waals surface area contributed by atoms with Crippen LogP contribution >= 0.6 is 11.6 Å². The molecule has 1 aromatic rings. The minimum atomic E-state index is -0.168. The van der Waals surface area contributed by atoms with Crippen LogP contribution in [0.1, 0.15) is 23.7 Å². The van der Waals surface area contributed by atoms with Gasteiger partial charge in [-0.1, -0.05) is 11.6 Å². The van der Waals surface area contributed by atoms with Crippen LogP contribution in [0.5, 0.6) is 0 Å². The predicted molar refractivity (Wildman–Crippen MR) is 74.7 cm³/mol. The maximum atomic E-state index is 12.1. The van der Waals surface area contributed by atoms with Crippen molar-refractivity contribution in [1.29, 1.82) is 0 Å². The third kappa shape index (κ3) is 3.81. The number of amides is 1. The molecule has 1 amide bonds. The molecular weight excluding hydrogens is 266 g/mol. The summed E-state index contributed by atoms with van der Waals surface area (Å²) in [5.74, 6) is 0.887. The molecule has 1 atom stereocenters. The second kappa shape index (κ2) is 6.73. The summed E-state index contributed by atoms with van der Waals surface area (Å²) in [5.41, 5.74) is 0.450. The normalized spacial score (nSPS) is 18.3. The van der Waals surface area contributed by atoms with Gasteiger partial charge < -0.3 is 15.4 Å². The average molecular weight is 284 g/mol. The van der Waals surface area contributed by atoms with E-state index in [1.807, 2.05) is 6.92 Å². The molecule has 0 saturated carbocycles. The summed E-state index contributed by atoms with van der Waals surface area (Å²) in [6, 6.07) is 1.67. The van der Waals surface area contributed by atoms with Crippen LogP contribution in [0.15, 0.2) is 12.3 Å². The molecule has 2 heterocycles. The summed E-state index contributed by atoms with van der Waals surface area (Å²) >= 11 is 6.01. The Hall–Kier alpha value is -1.33. The number of halogens is 1. The fourth-order valence-electron chi connectivity index (χ4n) is 1.97. The molecule has 1 aliphatic heterocycles. The molecule has 2 N–H and O–H groups in total. The Morgan fingerprint density at radius 3 is 3.16 bits per heavy atom. The number of nitrogens with zero attached hydrogens (tertiary/aromatic N) is 1. The molecule has 1 aromatic heterocycles. The van der Waals surface area contributed by atoms with Gasteiger partial charge in [0.05, 0.1) is 17.2 Å². The van der Waals surface area contributed by atoms with Crippen molar-refractivity contribution in [1.82, 2.24) is 10.3 Å². The molecule has 1 saturated heterocycles. The summed E-state index contributed by atoms with van der Waals surface area (Å²) in [6.07, 6.45) is 2.49. The molecule has 104 valence electrons. The van der Waals surface area contributed by atoms with Gasteiger partial charge >= 0.3 is 0 Å². The average Bonchev–Trinajstić information content (AvgIpc) is 2.92. The third-order valence-corrected chi connectivity index (χ3v) is 3.33. The summed E-state index contributed by atoms with van der Waals surface area (Å²) in [5, 5.41) is 6.31. The zero-order valence-corrected chi connectivity index (χ0v) is 11.7. The van der Waals surface area contributed by atoms with Crippen molar-refractivity contribution >= 4 is 23.3 Å². The van der Waals surface area contributed by atoms with E-state index in [-0.39, 0.29) is 5.91 Å². The monoisotopic (exact) mass is 283 g/mol. The molecule has 19 heavy (non-hydrogen) atoms. The van der Waals surface area contributed by atoms with E-state index in [1.54, 1.807) is 6.07 Å². The molecule has 5 nitrogen and oxygen atoms in total. The van der Waals surface area contributed by atoms with Crippen molar-refractivity contribution < 1.29 is 9.53 Å². The lowest BCUT2D eigenvalue weighted by molar-refractivity contribution is 0.0945. The smallest absolute Gasteiger partial charge is 0.253 e. The first-order valence-corrected chi connectivity index (χ1v) is 6.84. The summed E-state index contributed by atoms with van der Waals surface area (Å²) in [6.45, 7) is 4.83. The lowest BCUT2D eigenvalue weighted by Crippen LogP contribution is -2.29. The lowest BCUT2D eigenvalue weighted by Gasteiger charge is -2.11. The van der Waals surface area contributed by atoms with Crippen molar-refractivity contribution in [3.05, 3.63) is 22.8 Å². The van der Waals surface area contributed by atoms with Crippen LogP contribution in [0.25, 0.3) is 0 Å². The van der Waals surface area contributed by atoms with Gasteiger partial charge in [0.2, 0.25) is 0 Å². The quantitative estimate of drug-likeness (QED) is 0.867. The van der Waals surface area contributed by atoms with Gasteiger partial charge in [-0.15, -0.1) is 0 Å². The van der Waals surface area contributed by atoms with E-state index in [2.05, 4.69) is 15.6 Å². The van der Waals surface area contributed by atoms with Gasteiger partial charge in [0.15, 0.2) is 0 Å². The van der Waals surface area contributed by atoms with E-state index in [9.17, 15) is 4.79 Å². The first kappa shape index (κ1) is 14.1. The van der Waals surface area contributed by atoms with Gasteiger partial charge in [-0.05, 0) is 19.4 Å². The van der Waals surface area contributed by atoms with Gasteiger partial charge in [0.25, 0.3) is 5.91 Å². The maximum absolute atomic E-state index is 12.1. The van der Waals surface area contributed by atoms with E-state index in [4.69, 9.17) is 16.3 Å². The molecule has 0 aliphatic carbocycles. The molecule has 0 radical (unpaired) electrons. The van der Waals surface area contributed by atoms with Crippen LogP contribution in [-0.4, -0.2) is 37.2 Å². The predicted octanol–water partition coefficient (Wildman–Crippen LogP) is 1.93. The van der Waals surface area contributed by atoms with E-state index < -0.39 is 0 Å². The zero-order chi connectivity index (χ0) is 13.7. The molecule has 1 fully saturated rings. The number of carbonyl (C=O) groups is 1. The van der Waals surface area contributed by atoms with E-state index >= 15 is 0 Å². The molecule has 1 aliphatic rings. The van der Waals surface area contributed by atoms with Gasteiger partial charge in [-0.25, -0.2) is 4.98 Å². The standard InChI is InChI=1S/C13H18ClN3O2/c1-2-15-12-5-10(11(14)7-16-12)13(18)17-6-9-3-4-19-8-9/h5,7,9H,2-4,6,8H2,1H3,(H,15,16)(H,17,18). The number of carbonyl (C=O) groups excluding carboxylic acids is 1. The minimum Gasteiger partial charge on any atom is -0.381 e. The van der Waals surface area contributed by atoms with Crippen LogP contribution in [0, 0.1) is 5.92 Å². The van der Waals surface area contributed by atoms with Gasteiger partial charge in [-0.2, -0.15) is 0 Å². The second-order valence-corrected chi connectivity index (χ2v) is 4.93. The number of rotatable bonds is 5. The van der Waals surface area contributed by atoms with Gasteiger partial charge in [0, 0.05) is 31.8 Å². The molecule has 2 rings (SSSR count). The highest BCUT2D eigenvalue weighted by molar-refractivity contribution is 6.33. The number of ether oxygens (including phenoxy) is 1. The Labute approximate surface area is 117 Å². The Balaban J connectivity index is 1.98. The fourth-order valence-corrected chi connectivity index (χ4v) is 2.16. The number of hydrogen-bond acceptors (Lipinski definition) is 4. The Bertz CT molecular complexity index is 448. The van der Waals surface area contributed by atoms with Crippen LogP contribution in [0.4, 0.5) is 5.82 Å². The lowest BCUT2D eigenvalue weighted by atomic mass is 10.1. The van der Waals surface area contributed by atoms with Gasteiger partial charge in [-0.3, -0.25) is 4.79 Å². The Morgan fingerprint density at radius 1 is 1.63 bits per heavy atom. The highest BCUT2D eigenvalue weighted by atomic mass is 35.5. The summed E-state index contributed by atoms with van der Waals surface area (Å²) in [7, 11) is 0. The summed E-state index contributed by atoms with van der Waals surface area (Å²) in [4.78, 5) is 16.2. The van der Waals surface area contributed by atoms with E-state index in [0.29, 0.717) is 35.5 Å². The summed E-state index contributed by atoms with van der Waals surface area (Å²) < 4.78 is 5.27. The molecule has 0 aromatic carbocycles. The van der Waals surface area contributed by atoms with Crippen LogP contribution in [0.3, 0.4) is 0 Å². The first-order valence-electron chi connectivity index (χ1n) is 6.46. The zero-order valence-electron chi connectivity index (χ0n) is 10.9. The van der Waals surface area contributed by atoms with E-state index in [0.717, 1.165) is 19.6 Å². The molecule has 6 heteroatoms. The molecule has 1 unspecified atom stereocenters. The van der Waals surface area contributed by atoms with E-state index in [1.165, 1.54) is 6.20 Å². The Kier molecular flexibility index (Phi) is 4.99. The second-order valence-electron chi connectivity index (χ2n) is 4.52. The van der Waals surface area contributed by atoms with Crippen LogP contribution in [0.2, 0.25) is 5.02 Å². The number of anilines is 1. The van der Waals surface area contributed by atoms with Crippen molar-refractivity contribution in [2.45, 2.75) is 13.3 Å². The number of nitrogens with one attached hydrogen (secondary N) is 2. The number of hydrogen-bond donors (Lipinski definition) is 2. The molecule has 0 bridgehead atoms. The highest BCUT2D eigenvalue weighted by Gasteiger charge is 2.18. The highest BCUT2D eigenvalue weighted by Crippen LogP contribution is 2.18. The fraction of sp³-hybridized carbons (Fsp3) is 0.538. The largest absolute Gasteiger partial charge is 0.381 e. The van der Waals surface area contributed by atoms with Crippen LogP contribution in [-0.2, 0) is 4.74 Å². The van der Waals surface area contributed by atoms with Gasteiger partial charge in [0.1, 0.15) is 5.82 Å². The number of aromatic nitrogens is 1. The third-order valence-electron chi connectivity index (χ3n) is 3.03. The SMILES string of the molecule is CCNc1cc(C(=O)NCC2CCOC2)c(Cl)cn1. The first-order chi connectivity index (χ1) is 9.20.